The molecule has 0 bridgehead atoms. The van der Waals surface area contributed by atoms with Crippen LogP contribution in [0.2, 0.25) is 0 Å². The number of para-hydroxylation sites is 1. The average molecular weight is 236 g/mol. The first-order valence-electron chi connectivity index (χ1n) is 5.89. The van der Waals surface area contributed by atoms with Crippen LogP contribution in [0.1, 0.15) is 43.6 Å². The summed E-state index contributed by atoms with van der Waals surface area (Å²) in [5.41, 5.74) is 1.43. The first-order chi connectivity index (χ1) is 7.91. The normalized spacial score (nSPS) is 10.8. The summed E-state index contributed by atoms with van der Waals surface area (Å²) < 4.78 is 10.9. The summed E-state index contributed by atoms with van der Waals surface area (Å²) >= 11 is 0. The summed E-state index contributed by atoms with van der Waals surface area (Å²) in [7, 11) is 0. The maximum atomic E-state index is 11.9. The van der Waals surface area contributed by atoms with Gasteiger partial charge in [0.15, 0.2) is 0 Å². The van der Waals surface area contributed by atoms with Crippen LogP contribution >= 0.6 is 0 Å². The van der Waals surface area contributed by atoms with Gasteiger partial charge in [-0.3, -0.25) is 0 Å². The SMILES string of the molecule is Cc1cccc(C(=O)OC(C)C)c1OC(C)C. The topological polar surface area (TPSA) is 35.5 Å². The molecule has 3 nitrogen and oxygen atoms in total. The van der Waals surface area contributed by atoms with E-state index in [1.165, 1.54) is 0 Å². The highest BCUT2D eigenvalue weighted by molar-refractivity contribution is 5.93. The molecule has 3 heteroatoms. The van der Waals surface area contributed by atoms with Crippen molar-refractivity contribution in [1.82, 2.24) is 0 Å². The lowest BCUT2D eigenvalue weighted by molar-refractivity contribution is 0.0372. The second kappa shape index (κ2) is 5.71. The second-order valence-corrected chi connectivity index (χ2v) is 4.57. The minimum absolute atomic E-state index is 0.0294. The van der Waals surface area contributed by atoms with Crippen LogP contribution in [0.15, 0.2) is 18.2 Å². The summed E-state index contributed by atoms with van der Waals surface area (Å²) in [6.45, 7) is 9.45. The molecule has 94 valence electrons. The van der Waals surface area contributed by atoms with Crippen LogP contribution in [0.3, 0.4) is 0 Å². The van der Waals surface area contributed by atoms with Crippen molar-refractivity contribution in [2.24, 2.45) is 0 Å². The molecule has 1 rings (SSSR count). The number of ether oxygens (including phenoxy) is 2. The molecular formula is C14H20O3. The summed E-state index contributed by atoms with van der Waals surface area (Å²) in [6, 6.07) is 5.48. The Bertz CT molecular complexity index is 394. The van der Waals surface area contributed by atoms with Crippen molar-refractivity contribution in [1.29, 1.82) is 0 Å². The van der Waals surface area contributed by atoms with Gasteiger partial charge >= 0.3 is 5.97 Å². The Balaban J connectivity index is 3.05. The van der Waals surface area contributed by atoms with Crippen LogP contribution in [0.25, 0.3) is 0 Å². The molecule has 0 atom stereocenters. The van der Waals surface area contributed by atoms with E-state index in [1.54, 1.807) is 6.07 Å². The van der Waals surface area contributed by atoms with Crippen molar-refractivity contribution in [2.45, 2.75) is 46.8 Å². The fraction of sp³-hybridized carbons (Fsp3) is 0.500. The lowest BCUT2D eigenvalue weighted by Crippen LogP contribution is -2.15. The molecule has 0 aromatic heterocycles. The third-order valence-electron chi connectivity index (χ3n) is 2.13. The lowest BCUT2D eigenvalue weighted by Gasteiger charge is -2.16. The first kappa shape index (κ1) is 13.6. The molecule has 1 aromatic carbocycles. The molecule has 0 aliphatic carbocycles. The van der Waals surface area contributed by atoms with Crippen molar-refractivity contribution >= 4 is 5.97 Å². The molecule has 0 spiro atoms. The second-order valence-electron chi connectivity index (χ2n) is 4.57. The Labute approximate surface area is 103 Å². The summed E-state index contributed by atoms with van der Waals surface area (Å²) in [4.78, 5) is 11.9. The van der Waals surface area contributed by atoms with Gasteiger partial charge in [-0.15, -0.1) is 0 Å². The summed E-state index contributed by atoms with van der Waals surface area (Å²) in [5, 5.41) is 0. The standard InChI is InChI=1S/C14H20O3/c1-9(2)16-13-11(5)7-6-8-12(13)14(15)17-10(3)4/h6-10H,1-5H3. The number of aryl methyl sites for hydroxylation is 1. The van der Waals surface area contributed by atoms with Gasteiger partial charge < -0.3 is 9.47 Å². The quantitative estimate of drug-likeness (QED) is 0.752. The van der Waals surface area contributed by atoms with Gasteiger partial charge in [0.1, 0.15) is 11.3 Å². The van der Waals surface area contributed by atoms with Crippen molar-refractivity contribution < 1.29 is 14.3 Å². The summed E-state index contributed by atoms with van der Waals surface area (Å²) in [6.07, 6.45) is -0.100. The van der Waals surface area contributed by atoms with E-state index in [4.69, 9.17) is 9.47 Å². The van der Waals surface area contributed by atoms with E-state index in [2.05, 4.69) is 0 Å². The van der Waals surface area contributed by atoms with Crippen LogP contribution in [-0.4, -0.2) is 18.2 Å². The smallest absolute Gasteiger partial charge is 0.342 e. The van der Waals surface area contributed by atoms with Crippen LogP contribution in [0, 0.1) is 6.92 Å². The van der Waals surface area contributed by atoms with E-state index in [0.717, 1.165) is 5.56 Å². The van der Waals surface area contributed by atoms with Crippen molar-refractivity contribution in [3.63, 3.8) is 0 Å². The van der Waals surface area contributed by atoms with E-state index in [0.29, 0.717) is 11.3 Å². The predicted molar refractivity (Wildman–Crippen MR) is 67.5 cm³/mol. The van der Waals surface area contributed by atoms with E-state index in [-0.39, 0.29) is 18.2 Å². The molecule has 1 aromatic rings. The Morgan fingerprint density at radius 1 is 1.12 bits per heavy atom. The van der Waals surface area contributed by atoms with Gasteiger partial charge in [-0.05, 0) is 46.2 Å². The highest BCUT2D eigenvalue weighted by atomic mass is 16.5. The molecule has 0 unspecified atom stereocenters. The van der Waals surface area contributed by atoms with E-state index < -0.39 is 0 Å². The average Bonchev–Trinajstić information content (AvgIpc) is 2.19. The number of carbonyl (C=O) groups is 1. The summed E-state index contributed by atoms with van der Waals surface area (Å²) in [5.74, 6) is 0.285. The highest BCUT2D eigenvalue weighted by Gasteiger charge is 2.17. The maximum Gasteiger partial charge on any atom is 0.342 e. The van der Waals surface area contributed by atoms with Crippen molar-refractivity contribution in [3.8, 4) is 5.75 Å². The van der Waals surface area contributed by atoms with Gasteiger partial charge in [0.2, 0.25) is 0 Å². The fourth-order valence-electron chi connectivity index (χ4n) is 1.48. The molecule has 0 fully saturated rings. The Kier molecular flexibility index (Phi) is 4.55. The molecule has 0 radical (unpaired) electrons. The Hall–Kier alpha value is -1.51. The van der Waals surface area contributed by atoms with Crippen LogP contribution < -0.4 is 4.74 Å². The molecule has 0 aliphatic heterocycles. The first-order valence-corrected chi connectivity index (χ1v) is 5.89. The maximum absolute atomic E-state index is 11.9. The van der Waals surface area contributed by atoms with Crippen molar-refractivity contribution in [2.75, 3.05) is 0 Å². The Morgan fingerprint density at radius 3 is 2.29 bits per heavy atom. The van der Waals surface area contributed by atoms with Gasteiger partial charge in [0, 0.05) is 0 Å². The van der Waals surface area contributed by atoms with Crippen LogP contribution in [0.5, 0.6) is 5.75 Å². The number of hydrogen-bond acceptors (Lipinski definition) is 3. The molecule has 0 N–H and O–H groups in total. The molecular weight excluding hydrogens is 216 g/mol. The minimum Gasteiger partial charge on any atom is -0.490 e. The zero-order chi connectivity index (χ0) is 13.0. The molecule has 0 saturated carbocycles. The Morgan fingerprint density at radius 2 is 1.76 bits per heavy atom. The molecule has 0 heterocycles. The molecule has 17 heavy (non-hydrogen) atoms. The third-order valence-corrected chi connectivity index (χ3v) is 2.13. The fourth-order valence-corrected chi connectivity index (χ4v) is 1.48. The number of carbonyl (C=O) groups excluding carboxylic acids is 1. The number of benzene rings is 1. The van der Waals surface area contributed by atoms with Gasteiger partial charge in [0.25, 0.3) is 0 Å². The van der Waals surface area contributed by atoms with Crippen molar-refractivity contribution in [3.05, 3.63) is 29.3 Å². The van der Waals surface area contributed by atoms with Crippen LogP contribution in [0.4, 0.5) is 0 Å². The largest absolute Gasteiger partial charge is 0.490 e. The molecule has 0 saturated heterocycles. The molecule has 0 aliphatic rings. The zero-order valence-corrected chi connectivity index (χ0v) is 11.1. The number of rotatable bonds is 4. The van der Waals surface area contributed by atoms with E-state index in [9.17, 15) is 4.79 Å². The van der Waals surface area contributed by atoms with E-state index >= 15 is 0 Å². The minimum atomic E-state index is -0.334. The monoisotopic (exact) mass is 236 g/mol. The van der Waals surface area contributed by atoms with Gasteiger partial charge in [-0.2, -0.15) is 0 Å². The molecule has 0 amide bonds. The highest BCUT2D eigenvalue weighted by Crippen LogP contribution is 2.25. The zero-order valence-electron chi connectivity index (χ0n) is 11.1. The number of esters is 1. The van der Waals surface area contributed by atoms with Gasteiger partial charge in [0.05, 0.1) is 12.2 Å². The van der Waals surface area contributed by atoms with Gasteiger partial charge in [-0.25, -0.2) is 4.79 Å². The van der Waals surface area contributed by atoms with E-state index in [1.807, 2.05) is 46.8 Å². The third kappa shape index (κ3) is 3.77. The predicted octanol–water partition coefficient (Wildman–Crippen LogP) is 3.35. The van der Waals surface area contributed by atoms with Crippen LogP contribution in [-0.2, 0) is 4.74 Å². The van der Waals surface area contributed by atoms with Gasteiger partial charge in [-0.1, -0.05) is 12.1 Å². The lowest BCUT2D eigenvalue weighted by atomic mass is 10.1. The number of hydrogen-bond donors (Lipinski definition) is 0.